The van der Waals surface area contributed by atoms with E-state index in [1.165, 1.54) is 24.7 Å². The number of nitrogens with two attached hydrogens (primary N) is 1. The number of nitrogens with zero attached hydrogens (tertiary/aromatic N) is 2. The van der Waals surface area contributed by atoms with Crippen molar-refractivity contribution in [3.05, 3.63) is 53.6 Å². The number of halogens is 3. The first-order valence-electron chi connectivity index (χ1n) is 5.53. The minimum absolute atomic E-state index is 0.0705. The van der Waals surface area contributed by atoms with Crippen LogP contribution in [0.1, 0.15) is 22.9 Å². The van der Waals surface area contributed by atoms with Gasteiger partial charge in [0.15, 0.2) is 0 Å². The summed E-state index contributed by atoms with van der Waals surface area (Å²) in [4.78, 5) is 3.89. The van der Waals surface area contributed by atoms with E-state index in [1.807, 2.05) is 0 Å². The number of rotatable bonds is 3. The highest BCUT2D eigenvalue weighted by Crippen LogP contribution is 2.35. The molecule has 3 N–H and O–H groups in total. The Bertz CT molecular complexity index is 562. The fourth-order valence-electron chi connectivity index (χ4n) is 1.99. The molecule has 0 saturated heterocycles. The monoisotopic (exact) mass is 270 g/mol. The highest BCUT2D eigenvalue weighted by Gasteiger charge is 2.35. The van der Waals surface area contributed by atoms with Crippen LogP contribution in [0.5, 0.6) is 0 Å². The first-order valence-corrected chi connectivity index (χ1v) is 5.53. The maximum absolute atomic E-state index is 13.0. The number of hydrazine groups is 1. The molecule has 0 radical (unpaired) electrons. The van der Waals surface area contributed by atoms with Crippen molar-refractivity contribution in [1.29, 1.82) is 0 Å². The molecule has 0 fully saturated rings. The van der Waals surface area contributed by atoms with Crippen LogP contribution in [0.4, 0.5) is 13.2 Å². The van der Waals surface area contributed by atoms with Gasteiger partial charge in [-0.2, -0.15) is 13.2 Å². The predicted octanol–water partition coefficient (Wildman–Crippen LogP) is 1.99. The summed E-state index contributed by atoms with van der Waals surface area (Å²) >= 11 is 0. The van der Waals surface area contributed by atoms with E-state index in [9.17, 15) is 13.2 Å². The number of aryl methyl sites for hydroxylation is 1. The van der Waals surface area contributed by atoms with Crippen molar-refractivity contribution >= 4 is 0 Å². The molecule has 4 nitrogen and oxygen atoms in total. The van der Waals surface area contributed by atoms with Gasteiger partial charge in [-0.1, -0.05) is 18.2 Å². The highest BCUT2D eigenvalue weighted by molar-refractivity contribution is 5.36. The van der Waals surface area contributed by atoms with Crippen LogP contribution in [0.15, 0.2) is 36.8 Å². The largest absolute Gasteiger partial charge is 0.416 e. The highest BCUT2D eigenvalue weighted by atomic mass is 19.4. The molecule has 1 aromatic heterocycles. The van der Waals surface area contributed by atoms with E-state index in [4.69, 9.17) is 5.84 Å². The molecule has 7 heteroatoms. The first-order chi connectivity index (χ1) is 8.95. The maximum Gasteiger partial charge on any atom is 0.416 e. The second-order valence-corrected chi connectivity index (χ2v) is 4.11. The number of hydrogen-bond donors (Lipinski definition) is 2. The van der Waals surface area contributed by atoms with Crippen molar-refractivity contribution in [2.75, 3.05) is 0 Å². The van der Waals surface area contributed by atoms with Crippen molar-refractivity contribution in [2.24, 2.45) is 12.9 Å². The van der Waals surface area contributed by atoms with Crippen LogP contribution < -0.4 is 11.3 Å². The van der Waals surface area contributed by atoms with E-state index in [1.54, 1.807) is 17.7 Å². The van der Waals surface area contributed by atoms with Gasteiger partial charge in [0.05, 0.1) is 29.8 Å². The summed E-state index contributed by atoms with van der Waals surface area (Å²) in [5.41, 5.74) is 2.33. The zero-order valence-electron chi connectivity index (χ0n) is 10.1. The smallest absolute Gasteiger partial charge is 0.336 e. The van der Waals surface area contributed by atoms with Gasteiger partial charge in [0.2, 0.25) is 0 Å². The Balaban J connectivity index is 2.54. The van der Waals surface area contributed by atoms with Gasteiger partial charge in [-0.15, -0.1) is 0 Å². The second kappa shape index (κ2) is 5.02. The van der Waals surface area contributed by atoms with Crippen LogP contribution in [-0.4, -0.2) is 9.55 Å². The quantitative estimate of drug-likeness (QED) is 0.662. The van der Waals surface area contributed by atoms with Crippen LogP contribution in [0.25, 0.3) is 0 Å². The predicted molar refractivity (Wildman–Crippen MR) is 63.8 cm³/mol. The topological polar surface area (TPSA) is 55.9 Å². The number of nitrogens with one attached hydrogen (secondary N) is 1. The molecule has 0 aliphatic heterocycles. The summed E-state index contributed by atoms with van der Waals surface area (Å²) < 4.78 is 40.6. The van der Waals surface area contributed by atoms with Gasteiger partial charge in [-0.05, 0) is 11.6 Å². The third kappa shape index (κ3) is 2.61. The summed E-state index contributed by atoms with van der Waals surface area (Å²) in [6, 6.07) is 4.57. The van der Waals surface area contributed by atoms with Crippen molar-refractivity contribution < 1.29 is 13.2 Å². The average molecular weight is 270 g/mol. The van der Waals surface area contributed by atoms with Crippen molar-refractivity contribution in [3.8, 4) is 0 Å². The summed E-state index contributed by atoms with van der Waals surface area (Å²) in [6.07, 6.45) is -1.43. The van der Waals surface area contributed by atoms with Gasteiger partial charge in [0.1, 0.15) is 0 Å². The fourth-order valence-corrected chi connectivity index (χ4v) is 1.99. The Morgan fingerprint density at radius 1 is 1.32 bits per heavy atom. The van der Waals surface area contributed by atoms with Gasteiger partial charge in [0, 0.05) is 7.05 Å². The van der Waals surface area contributed by atoms with Crippen LogP contribution in [0, 0.1) is 0 Å². The van der Waals surface area contributed by atoms with E-state index < -0.39 is 17.8 Å². The number of benzene rings is 1. The van der Waals surface area contributed by atoms with E-state index in [0.717, 1.165) is 6.07 Å². The first kappa shape index (κ1) is 13.6. The molecule has 0 aliphatic rings. The molecule has 0 saturated carbocycles. The summed E-state index contributed by atoms with van der Waals surface area (Å²) in [6.45, 7) is 0. The van der Waals surface area contributed by atoms with Crippen LogP contribution >= 0.6 is 0 Å². The molecule has 1 atom stereocenters. The number of imidazole rings is 1. The molecular formula is C12H13F3N4. The molecule has 102 valence electrons. The van der Waals surface area contributed by atoms with Gasteiger partial charge in [-0.3, -0.25) is 5.84 Å². The molecule has 2 rings (SSSR count). The molecular weight excluding hydrogens is 257 g/mol. The van der Waals surface area contributed by atoms with E-state index >= 15 is 0 Å². The van der Waals surface area contributed by atoms with Gasteiger partial charge in [0.25, 0.3) is 0 Å². The van der Waals surface area contributed by atoms with Crippen LogP contribution in [0.3, 0.4) is 0 Å². The van der Waals surface area contributed by atoms with Gasteiger partial charge >= 0.3 is 6.18 Å². The van der Waals surface area contributed by atoms with Crippen molar-refractivity contribution in [2.45, 2.75) is 12.2 Å². The number of alkyl halides is 3. The fraction of sp³-hybridized carbons (Fsp3) is 0.250. The summed E-state index contributed by atoms with van der Waals surface area (Å²) in [5.74, 6) is 5.42. The molecule has 1 aromatic carbocycles. The average Bonchev–Trinajstić information content (AvgIpc) is 2.76. The Kier molecular flexibility index (Phi) is 3.59. The zero-order chi connectivity index (χ0) is 14.0. The molecule has 1 heterocycles. The molecule has 0 bridgehead atoms. The lowest BCUT2D eigenvalue weighted by atomic mass is 9.98. The van der Waals surface area contributed by atoms with E-state index in [2.05, 4.69) is 10.4 Å². The lowest BCUT2D eigenvalue weighted by Gasteiger charge is -2.21. The molecule has 1 unspecified atom stereocenters. The third-order valence-corrected chi connectivity index (χ3v) is 2.89. The molecule has 2 aromatic rings. The molecule has 0 spiro atoms. The Hall–Kier alpha value is -1.86. The van der Waals surface area contributed by atoms with Crippen LogP contribution in [-0.2, 0) is 13.2 Å². The Morgan fingerprint density at radius 3 is 2.53 bits per heavy atom. The number of hydrogen-bond acceptors (Lipinski definition) is 3. The van der Waals surface area contributed by atoms with E-state index in [-0.39, 0.29) is 5.56 Å². The normalized spacial score (nSPS) is 13.5. The summed E-state index contributed by atoms with van der Waals surface area (Å²) in [7, 11) is 1.70. The molecule has 0 aliphatic carbocycles. The second-order valence-electron chi connectivity index (χ2n) is 4.11. The lowest BCUT2D eigenvalue weighted by Crippen LogP contribution is -2.31. The lowest BCUT2D eigenvalue weighted by molar-refractivity contribution is -0.138. The van der Waals surface area contributed by atoms with Gasteiger partial charge in [-0.25, -0.2) is 10.4 Å². The van der Waals surface area contributed by atoms with Crippen molar-refractivity contribution in [3.63, 3.8) is 0 Å². The SMILES string of the molecule is Cn1cncc1C(NN)c1ccccc1C(F)(F)F. The van der Waals surface area contributed by atoms with E-state index in [0.29, 0.717) is 5.69 Å². The standard InChI is InChI=1S/C12H13F3N4/c1-19-7-17-6-10(19)11(18-16)8-4-2-3-5-9(8)12(13,14)15/h2-7,11,18H,16H2,1H3. The molecule has 19 heavy (non-hydrogen) atoms. The Morgan fingerprint density at radius 2 is 2.00 bits per heavy atom. The third-order valence-electron chi connectivity index (χ3n) is 2.89. The van der Waals surface area contributed by atoms with Crippen LogP contribution in [0.2, 0.25) is 0 Å². The summed E-state index contributed by atoms with van der Waals surface area (Å²) in [5, 5.41) is 0. The minimum Gasteiger partial charge on any atom is -0.336 e. The maximum atomic E-state index is 13.0. The minimum atomic E-state index is -4.43. The Labute approximate surface area is 108 Å². The molecule has 0 amide bonds. The van der Waals surface area contributed by atoms with Crippen molar-refractivity contribution in [1.82, 2.24) is 15.0 Å². The number of aromatic nitrogens is 2. The zero-order valence-corrected chi connectivity index (χ0v) is 10.1. The van der Waals surface area contributed by atoms with Gasteiger partial charge < -0.3 is 4.57 Å².